The van der Waals surface area contributed by atoms with Crippen LogP contribution in [0.15, 0.2) is 47.3 Å². The Hall–Kier alpha value is -1.09. The van der Waals surface area contributed by atoms with E-state index in [0.29, 0.717) is 29.1 Å². The van der Waals surface area contributed by atoms with Crippen LogP contribution in [0.1, 0.15) is 19.3 Å². The molecule has 0 atom stereocenters. The third kappa shape index (κ3) is 2.04. The third-order valence-corrected chi connectivity index (χ3v) is 4.12. The minimum atomic E-state index is -3.21. The van der Waals surface area contributed by atoms with Gasteiger partial charge in [0.25, 0.3) is 0 Å². The van der Waals surface area contributed by atoms with Crippen LogP contribution in [0.3, 0.4) is 0 Å². The molecule has 0 aromatic rings. The summed E-state index contributed by atoms with van der Waals surface area (Å²) < 4.78 is 23.7. The number of hydrogen-bond donors (Lipinski definition) is 0. The number of sulfone groups is 1. The van der Waals surface area contributed by atoms with Gasteiger partial charge in [0.05, 0.1) is 0 Å². The van der Waals surface area contributed by atoms with Crippen LogP contribution in [0.25, 0.3) is 0 Å². The maximum atomic E-state index is 11.9. The molecule has 0 amide bonds. The lowest BCUT2D eigenvalue weighted by Gasteiger charge is -2.13. The van der Waals surface area contributed by atoms with E-state index in [-0.39, 0.29) is 0 Å². The Kier molecular flexibility index (Phi) is 3.47. The topological polar surface area (TPSA) is 34.1 Å². The van der Waals surface area contributed by atoms with Gasteiger partial charge >= 0.3 is 0 Å². The first-order valence-corrected chi connectivity index (χ1v) is 5.96. The molecule has 76 valence electrons. The monoisotopic (exact) mass is 210 g/mol. The largest absolute Gasteiger partial charge is 0.219 e. The molecule has 0 unspecified atom stereocenters. The number of rotatable bonds is 4. The molecule has 1 heterocycles. The summed E-state index contributed by atoms with van der Waals surface area (Å²) >= 11 is 0. The SMILES string of the molecule is C=CCC1=CCC=C(CC=C)S1(=O)=O. The van der Waals surface area contributed by atoms with Gasteiger partial charge < -0.3 is 0 Å². The first kappa shape index (κ1) is 11.0. The van der Waals surface area contributed by atoms with E-state index in [0.717, 1.165) is 0 Å². The van der Waals surface area contributed by atoms with E-state index in [9.17, 15) is 8.42 Å². The number of allylic oxidation sites excluding steroid dienone is 6. The minimum Gasteiger partial charge on any atom is -0.219 e. The van der Waals surface area contributed by atoms with Crippen molar-refractivity contribution in [1.29, 1.82) is 0 Å². The molecule has 0 fully saturated rings. The second kappa shape index (κ2) is 4.42. The molecule has 3 heteroatoms. The summed E-state index contributed by atoms with van der Waals surface area (Å²) in [5.41, 5.74) is 0. The van der Waals surface area contributed by atoms with E-state index in [4.69, 9.17) is 0 Å². The van der Waals surface area contributed by atoms with E-state index in [2.05, 4.69) is 13.2 Å². The van der Waals surface area contributed by atoms with Crippen LogP contribution in [0.5, 0.6) is 0 Å². The molecule has 1 aliphatic heterocycles. The van der Waals surface area contributed by atoms with Crippen molar-refractivity contribution in [3.05, 3.63) is 47.3 Å². The summed E-state index contributed by atoms with van der Waals surface area (Å²) in [4.78, 5) is 0.929. The zero-order valence-corrected chi connectivity index (χ0v) is 8.89. The second-order valence-electron chi connectivity index (χ2n) is 3.07. The molecule has 2 nitrogen and oxygen atoms in total. The zero-order valence-electron chi connectivity index (χ0n) is 8.07. The fourth-order valence-electron chi connectivity index (χ4n) is 1.38. The minimum absolute atomic E-state index is 0.414. The molecule has 0 aromatic heterocycles. The van der Waals surface area contributed by atoms with Crippen LogP contribution in [0.4, 0.5) is 0 Å². The molecule has 0 saturated carbocycles. The highest BCUT2D eigenvalue weighted by atomic mass is 32.2. The Morgan fingerprint density at radius 3 is 1.93 bits per heavy atom. The maximum absolute atomic E-state index is 11.9. The Morgan fingerprint density at radius 1 is 1.14 bits per heavy atom. The van der Waals surface area contributed by atoms with Gasteiger partial charge in [0.2, 0.25) is 0 Å². The lowest BCUT2D eigenvalue weighted by atomic mass is 10.2. The van der Waals surface area contributed by atoms with Gasteiger partial charge in [-0.2, -0.15) is 0 Å². The number of hydrogen-bond acceptors (Lipinski definition) is 2. The fourth-order valence-corrected chi connectivity index (χ4v) is 3.02. The summed E-state index contributed by atoms with van der Waals surface area (Å²) in [5, 5.41) is 0. The van der Waals surface area contributed by atoms with E-state index in [1.165, 1.54) is 0 Å². The molecule has 1 aliphatic rings. The smallest absolute Gasteiger partial charge is 0.198 e. The van der Waals surface area contributed by atoms with E-state index in [1.807, 2.05) is 0 Å². The van der Waals surface area contributed by atoms with Crippen LogP contribution < -0.4 is 0 Å². The van der Waals surface area contributed by atoms with Gasteiger partial charge in [-0.05, 0) is 6.42 Å². The van der Waals surface area contributed by atoms with Crippen molar-refractivity contribution in [3.63, 3.8) is 0 Å². The highest BCUT2D eigenvalue weighted by Gasteiger charge is 2.23. The van der Waals surface area contributed by atoms with Crippen LogP contribution in [0.2, 0.25) is 0 Å². The molecule has 0 bridgehead atoms. The average molecular weight is 210 g/mol. The van der Waals surface area contributed by atoms with Crippen LogP contribution in [0, 0.1) is 0 Å². The molecule has 0 saturated heterocycles. The Bertz CT molecular complexity index is 365. The highest BCUT2D eigenvalue weighted by molar-refractivity contribution is 7.99. The van der Waals surface area contributed by atoms with Crippen molar-refractivity contribution >= 4 is 9.84 Å². The van der Waals surface area contributed by atoms with Crippen molar-refractivity contribution in [1.82, 2.24) is 0 Å². The highest BCUT2D eigenvalue weighted by Crippen LogP contribution is 2.28. The lowest BCUT2D eigenvalue weighted by molar-refractivity contribution is 0.605. The third-order valence-electron chi connectivity index (χ3n) is 2.07. The molecule has 0 aliphatic carbocycles. The molecule has 0 radical (unpaired) electrons. The van der Waals surface area contributed by atoms with Crippen molar-refractivity contribution < 1.29 is 8.42 Å². The molecule has 0 spiro atoms. The lowest BCUT2D eigenvalue weighted by Crippen LogP contribution is -2.09. The molecule has 0 aromatic carbocycles. The molecule has 1 rings (SSSR count). The average Bonchev–Trinajstić information content (AvgIpc) is 2.13. The second-order valence-corrected chi connectivity index (χ2v) is 5.12. The van der Waals surface area contributed by atoms with Crippen LogP contribution in [-0.4, -0.2) is 8.42 Å². The van der Waals surface area contributed by atoms with Crippen molar-refractivity contribution in [2.45, 2.75) is 19.3 Å². The van der Waals surface area contributed by atoms with Gasteiger partial charge in [0, 0.05) is 22.7 Å². The summed E-state index contributed by atoms with van der Waals surface area (Å²) in [5.74, 6) is 0. The quantitative estimate of drug-likeness (QED) is 0.668. The summed E-state index contributed by atoms with van der Waals surface area (Å²) in [6.07, 6.45) is 8.22. The predicted octanol–water partition coefficient (Wildman–Crippen LogP) is 2.72. The van der Waals surface area contributed by atoms with Crippen molar-refractivity contribution in [2.24, 2.45) is 0 Å². The molecule has 0 N–H and O–H groups in total. The predicted molar refractivity (Wildman–Crippen MR) is 59.3 cm³/mol. The fraction of sp³-hybridized carbons (Fsp3) is 0.273. The molecule has 14 heavy (non-hydrogen) atoms. The van der Waals surface area contributed by atoms with Gasteiger partial charge in [-0.25, -0.2) is 8.42 Å². The standard InChI is InChI=1S/C11H14O2S/c1-3-6-10-8-5-9-11(7-4-2)14(10,12)13/h3-4,8-9H,1-2,5-7H2. The van der Waals surface area contributed by atoms with Gasteiger partial charge in [-0.3, -0.25) is 0 Å². The van der Waals surface area contributed by atoms with Gasteiger partial charge in [-0.15, -0.1) is 13.2 Å². The Morgan fingerprint density at radius 2 is 1.57 bits per heavy atom. The maximum Gasteiger partial charge on any atom is 0.198 e. The Labute approximate surface area is 85.2 Å². The molecular weight excluding hydrogens is 196 g/mol. The summed E-state index contributed by atoms with van der Waals surface area (Å²) in [7, 11) is -3.21. The first-order valence-electron chi connectivity index (χ1n) is 4.48. The van der Waals surface area contributed by atoms with Gasteiger partial charge in [0.1, 0.15) is 0 Å². The van der Waals surface area contributed by atoms with Crippen LogP contribution >= 0.6 is 0 Å². The van der Waals surface area contributed by atoms with Gasteiger partial charge in [-0.1, -0.05) is 24.3 Å². The van der Waals surface area contributed by atoms with Gasteiger partial charge in [0.15, 0.2) is 9.84 Å². The summed E-state index contributed by atoms with van der Waals surface area (Å²) in [6, 6.07) is 0. The van der Waals surface area contributed by atoms with Crippen molar-refractivity contribution in [3.8, 4) is 0 Å². The van der Waals surface area contributed by atoms with E-state index >= 15 is 0 Å². The first-order chi connectivity index (χ1) is 6.62. The molecular formula is C11H14O2S. The van der Waals surface area contributed by atoms with Crippen LogP contribution in [-0.2, 0) is 9.84 Å². The van der Waals surface area contributed by atoms with E-state index < -0.39 is 9.84 Å². The van der Waals surface area contributed by atoms with E-state index in [1.54, 1.807) is 24.3 Å². The summed E-state index contributed by atoms with van der Waals surface area (Å²) in [6.45, 7) is 7.09. The normalized spacial score (nSPS) is 19.4. The van der Waals surface area contributed by atoms with Crippen molar-refractivity contribution in [2.75, 3.05) is 0 Å². The zero-order chi connectivity index (χ0) is 10.6. The Balaban J connectivity index is 3.01.